The van der Waals surface area contributed by atoms with Crippen molar-refractivity contribution in [2.24, 2.45) is 5.10 Å². The fraction of sp³-hybridized carbons (Fsp3) is 0.800. The van der Waals surface area contributed by atoms with Gasteiger partial charge in [-0.3, -0.25) is 0 Å². The smallest absolute Gasteiger partial charge is 0.0923 e. The fourth-order valence-electron chi connectivity index (χ4n) is 0.286. The summed E-state index contributed by atoms with van der Waals surface area (Å²) in [6.45, 7) is 0. The third kappa shape index (κ3) is 5.65. The Labute approximate surface area is 60.0 Å². The molecule has 0 bridgehead atoms. The fourth-order valence-corrected chi connectivity index (χ4v) is 0.612. The first-order valence-electron chi connectivity index (χ1n) is 2.58. The van der Waals surface area contributed by atoms with Crippen molar-refractivity contribution in [1.29, 1.82) is 0 Å². The van der Waals surface area contributed by atoms with Gasteiger partial charge in [0.2, 0.25) is 0 Å². The van der Waals surface area contributed by atoms with E-state index in [0.717, 1.165) is 11.8 Å². The van der Waals surface area contributed by atoms with E-state index >= 15 is 0 Å². The number of nitrogens with zero attached hydrogens (tertiary/aromatic N) is 2. The summed E-state index contributed by atoms with van der Waals surface area (Å²) in [4.78, 5) is 0. The molecule has 0 amide bonds. The molecule has 9 heavy (non-hydrogen) atoms. The van der Waals surface area contributed by atoms with Crippen LogP contribution >= 0.6 is 11.8 Å². The Bertz CT molecular complexity index is 117. The van der Waals surface area contributed by atoms with E-state index < -0.39 is 0 Å². The predicted octanol–water partition coefficient (Wildman–Crippen LogP) is -0.313. The SMILES string of the molecule is CS/C([O-])=N/[N+](C)(C)C. The maximum absolute atomic E-state index is 10.6. The van der Waals surface area contributed by atoms with Gasteiger partial charge >= 0.3 is 0 Å². The molecule has 0 atom stereocenters. The highest BCUT2D eigenvalue weighted by atomic mass is 32.2. The van der Waals surface area contributed by atoms with Crippen molar-refractivity contribution in [3.8, 4) is 0 Å². The first-order valence-corrected chi connectivity index (χ1v) is 3.81. The largest absolute Gasteiger partial charge is 0.850 e. The zero-order chi connectivity index (χ0) is 7.49. The van der Waals surface area contributed by atoms with Crippen LogP contribution in [0.2, 0.25) is 0 Å². The molecular weight excluding hydrogens is 136 g/mol. The average molecular weight is 148 g/mol. The van der Waals surface area contributed by atoms with E-state index in [0.29, 0.717) is 4.59 Å². The Balaban J connectivity index is 3.95. The molecule has 54 valence electrons. The van der Waals surface area contributed by atoms with Crippen LogP contribution in [0.25, 0.3) is 0 Å². The van der Waals surface area contributed by atoms with Gasteiger partial charge in [0.05, 0.1) is 26.4 Å². The van der Waals surface area contributed by atoms with Gasteiger partial charge in [-0.15, -0.1) is 11.8 Å². The monoisotopic (exact) mass is 148 g/mol. The summed E-state index contributed by atoms with van der Waals surface area (Å²) in [5.74, 6) is 0. The molecule has 3 nitrogen and oxygen atoms in total. The van der Waals surface area contributed by atoms with Gasteiger partial charge in [-0.2, -0.15) is 0 Å². The van der Waals surface area contributed by atoms with Gasteiger partial charge in [0, 0.05) is 0 Å². The zero-order valence-electron chi connectivity index (χ0n) is 6.21. The molecule has 0 fully saturated rings. The molecule has 0 aliphatic carbocycles. The van der Waals surface area contributed by atoms with E-state index in [-0.39, 0.29) is 5.23 Å². The average Bonchev–Trinajstić information content (AvgIpc) is 1.62. The Morgan fingerprint density at radius 1 is 1.44 bits per heavy atom. The Morgan fingerprint density at radius 3 is 2.00 bits per heavy atom. The lowest BCUT2D eigenvalue weighted by atomic mass is 10.9. The Hall–Kier alpha value is -0.220. The third-order valence-corrected chi connectivity index (χ3v) is 0.987. The lowest BCUT2D eigenvalue weighted by molar-refractivity contribution is -0.878. The maximum atomic E-state index is 10.6. The van der Waals surface area contributed by atoms with Crippen LogP contribution in [-0.4, -0.2) is 37.2 Å². The zero-order valence-corrected chi connectivity index (χ0v) is 7.03. The van der Waals surface area contributed by atoms with Crippen molar-refractivity contribution >= 4 is 17.0 Å². The molecular formula is C5H12N2OS. The maximum Gasteiger partial charge on any atom is 0.0923 e. The minimum atomic E-state index is -0.123. The van der Waals surface area contributed by atoms with Gasteiger partial charge < -0.3 is 5.11 Å². The van der Waals surface area contributed by atoms with E-state index in [9.17, 15) is 5.11 Å². The van der Waals surface area contributed by atoms with Crippen LogP contribution in [0.5, 0.6) is 0 Å². The first-order chi connectivity index (χ1) is 3.95. The number of hydrogen-bond donors (Lipinski definition) is 0. The summed E-state index contributed by atoms with van der Waals surface area (Å²) in [6, 6.07) is 0. The van der Waals surface area contributed by atoms with Gasteiger partial charge in [-0.1, -0.05) is 5.10 Å². The third-order valence-electron chi connectivity index (χ3n) is 0.556. The lowest BCUT2D eigenvalue weighted by Crippen LogP contribution is -2.31. The van der Waals surface area contributed by atoms with Crippen LogP contribution in [0.4, 0.5) is 0 Å². The second kappa shape index (κ2) is 3.08. The van der Waals surface area contributed by atoms with E-state index in [1.807, 2.05) is 21.1 Å². The van der Waals surface area contributed by atoms with Crippen LogP contribution in [0.1, 0.15) is 0 Å². The van der Waals surface area contributed by atoms with E-state index in [4.69, 9.17) is 0 Å². The highest BCUT2D eigenvalue weighted by Gasteiger charge is 2.01. The molecule has 0 aliphatic rings. The van der Waals surface area contributed by atoms with Crippen molar-refractivity contribution in [3.63, 3.8) is 0 Å². The molecule has 0 aromatic rings. The highest BCUT2D eigenvalue weighted by molar-refractivity contribution is 8.12. The van der Waals surface area contributed by atoms with Gasteiger partial charge in [-0.05, 0) is 6.26 Å². The lowest BCUT2D eigenvalue weighted by Gasteiger charge is -2.18. The summed E-state index contributed by atoms with van der Waals surface area (Å²) >= 11 is 1.13. The van der Waals surface area contributed by atoms with Crippen LogP contribution in [-0.2, 0) is 0 Å². The number of quaternary nitrogens is 1. The second-order valence-corrected chi connectivity index (χ2v) is 3.27. The van der Waals surface area contributed by atoms with Crippen LogP contribution < -0.4 is 5.11 Å². The van der Waals surface area contributed by atoms with Gasteiger partial charge in [0.15, 0.2) is 0 Å². The molecule has 4 heteroatoms. The Kier molecular flexibility index (Phi) is 3.00. The minimum Gasteiger partial charge on any atom is -0.850 e. The van der Waals surface area contributed by atoms with E-state index in [2.05, 4.69) is 5.10 Å². The van der Waals surface area contributed by atoms with Crippen LogP contribution in [0.3, 0.4) is 0 Å². The molecule has 0 aliphatic heterocycles. The normalized spacial score (nSPS) is 14.0. The Morgan fingerprint density at radius 2 is 1.89 bits per heavy atom. The molecule has 0 aromatic heterocycles. The number of thioether (sulfide) groups is 1. The highest BCUT2D eigenvalue weighted by Crippen LogP contribution is 1.96. The number of hydrogen-bond acceptors (Lipinski definition) is 3. The molecule has 0 spiro atoms. The van der Waals surface area contributed by atoms with Crippen molar-refractivity contribution < 1.29 is 9.70 Å². The number of rotatable bonds is 1. The van der Waals surface area contributed by atoms with Gasteiger partial charge in [0.1, 0.15) is 0 Å². The predicted molar refractivity (Wildman–Crippen MR) is 39.0 cm³/mol. The van der Waals surface area contributed by atoms with Crippen molar-refractivity contribution in [3.05, 3.63) is 0 Å². The molecule has 0 N–H and O–H groups in total. The summed E-state index contributed by atoms with van der Waals surface area (Å²) in [5.41, 5.74) is 0. The molecule has 0 saturated carbocycles. The summed E-state index contributed by atoms with van der Waals surface area (Å²) < 4.78 is 0.347. The second-order valence-electron chi connectivity index (χ2n) is 2.51. The standard InChI is InChI=1S/C5H12N2OS/c1-7(2,3)6-5(8)9-4/h1-4H3. The molecule has 0 saturated heterocycles. The van der Waals surface area contributed by atoms with Crippen molar-refractivity contribution in [2.75, 3.05) is 27.4 Å². The quantitative estimate of drug-likeness (QED) is 0.221. The van der Waals surface area contributed by atoms with Gasteiger partial charge in [0.25, 0.3) is 0 Å². The topological polar surface area (TPSA) is 35.4 Å². The minimum absolute atomic E-state index is 0.123. The van der Waals surface area contributed by atoms with Crippen molar-refractivity contribution in [1.82, 2.24) is 0 Å². The molecule has 0 aromatic carbocycles. The molecule has 0 rings (SSSR count). The van der Waals surface area contributed by atoms with Crippen LogP contribution in [0, 0.1) is 0 Å². The van der Waals surface area contributed by atoms with Gasteiger partial charge in [-0.25, -0.2) is 4.59 Å². The van der Waals surface area contributed by atoms with Crippen molar-refractivity contribution in [2.45, 2.75) is 0 Å². The van der Waals surface area contributed by atoms with E-state index in [1.54, 1.807) is 6.26 Å². The first kappa shape index (κ1) is 8.78. The molecule has 0 unspecified atom stereocenters. The van der Waals surface area contributed by atoms with Crippen LogP contribution in [0.15, 0.2) is 5.10 Å². The molecule has 0 heterocycles. The molecule has 0 radical (unpaired) electrons. The van der Waals surface area contributed by atoms with E-state index in [1.165, 1.54) is 0 Å². The summed E-state index contributed by atoms with van der Waals surface area (Å²) in [7, 11) is 5.52. The summed E-state index contributed by atoms with van der Waals surface area (Å²) in [5, 5.41) is 14.3. The summed E-state index contributed by atoms with van der Waals surface area (Å²) in [6.07, 6.45) is 1.72.